The van der Waals surface area contributed by atoms with Gasteiger partial charge in [0.25, 0.3) is 15.9 Å². The Bertz CT molecular complexity index is 1510. The first kappa shape index (κ1) is 25.3. The molecule has 2 aromatic heterocycles. The lowest BCUT2D eigenvalue weighted by molar-refractivity contribution is 0.0734. The average Bonchev–Trinajstić information content (AvgIpc) is 2.94. The number of benzene rings is 2. The first-order valence-electron chi connectivity index (χ1n) is 10.8. The van der Waals surface area contributed by atoms with Crippen LogP contribution in [0.5, 0.6) is 17.2 Å². The number of nitrogens with zero attached hydrogens (tertiary/aromatic N) is 3. The molecule has 4 aromatic rings. The Hall–Kier alpha value is -4.77. The second-order valence-electron chi connectivity index (χ2n) is 7.46. The summed E-state index contributed by atoms with van der Waals surface area (Å²) in [6.45, 7) is 0. The van der Waals surface area contributed by atoms with Gasteiger partial charge in [0.15, 0.2) is 0 Å². The number of amides is 1. The van der Waals surface area contributed by atoms with Gasteiger partial charge in [-0.3, -0.25) is 14.8 Å². The Kier molecular flexibility index (Phi) is 7.44. The highest BCUT2D eigenvalue weighted by molar-refractivity contribution is 7.93. The molecule has 0 aliphatic rings. The summed E-state index contributed by atoms with van der Waals surface area (Å²) in [5.74, 6) is -1.07. The molecule has 37 heavy (non-hydrogen) atoms. The zero-order chi connectivity index (χ0) is 26.4. The van der Waals surface area contributed by atoms with Crippen molar-refractivity contribution in [3.63, 3.8) is 0 Å². The molecule has 0 fully saturated rings. The number of methoxy groups -OCH3 is 2. The van der Waals surface area contributed by atoms with Gasteiger partial charge in [0.2, 0.25) is 0 Å². The molecule has 0 saturated heterocycles. The number of pyridine rings is 2. The van der Waals surface area contributed by atoms with Crippen LogP contribution in [0.25, 0.3) is 0 Å². The van der Waals surface area contributed by atoms with E-state index in [0.717, 1.165) is 0 Å². The van der Waals surface area contributed by atoms with Crippen molar-refractivity contribution in [2.24, 2.45) is 0 Å². The number of anilines is 1. The molecule has 0 bridgehead atoms. The molecule has 0 aliphatic heterocycles. The molecule has 0 radical (unpaired) electrons. The van der Waals surface area contributed by atoms with Crippen molar-refractivity contribution in [1.29, 1.82) is 0 Å². The van der Waals surface area contributed by atoms with Gasteiger partial charge in [0.1, 0.15) is 22.1 Å². The van der Waals surface area contributed by atoms with Gasteiger partial charge in [0.05, 0.1) is 31.0 Å². The van der Waals surface area contributed by atoms with Crippen LogP contribution in [0.3, 0.4) is 0 Å². The predicted molar refractivity (Wildman–Crippen MR) is 133 cm³/mol. The van der Waals surface area contributed by atoms with Crippen molar-refractivity contribution in [1.82, 2.24) is 9.97 Å². The first-order chi connectivity index (χ1) is 17.8. The summed E-state index contributed by atoms with van der Waals surface area (Å²) < 4.78 is 44.2. The number of carbonyl (C=O) groups excluding carboxylic acids is 2. The Labute approximate surface area is 213 Å². The van der Waals surface area contributed by atoms with E-state index in [1.54, 1.807) is 12.1 Å². The number of ether oxygens (including phenoxy) is 3. The highest BCUT2D eigenvalue weighted by atomic mass is 32.2. The molecule has 0 spiro atoms. The second kappa shape index (κ2) is 10.9. The van der Waals surface area contributed by atoms with Gasteiger partial charge in [-0.2, -0.15) is 4.31 Å². The van der Waals surface area contributed by atoms with Gasteiger partial charge in [-0.05, 0) is 60.7 Å². The first-order valence-corrected chi connectivity index (χ1v) is 12.2. The number of sulfonamides is 1. The van der Waals surface area contributed by atoms with E-state index < -0.39 is 21.9 Å². The molecule has 2 heterocycles. The summed E-state index contributed by atoms with van der Waals surface area (Å²) in [6, 6.07) is 15.8. The summed E-state index contributed by atoms with van der Waals surface area (Å²) >= 11 is 0. The van der Waals surface area contributed by atoms with Crippen molar-refractivity contribution >= 4 is 27.6 Å². The third kappa shape index (κ3) is 5.41. The van der Waals surface area contributed by atoms with Gasteiger partial charge in [0, 0.05) is 30.9 Å². The summed E-state index contributed by atoms with van der Waals surface area (Å²) in [4.78, 5) is 33.4. The number of aromatic nitrogens is 2. The Morgan fingerprint density at radius 3 is 1.97 bits per heavy atom. The maximum absolute atomic E-state index is 13.9. The Morgan fingerprint density at radius 1 is 0.784 bits per heavy atom. The minimum absolute atomic E-state index is 0.0000900. The fraction of sp³-hybridized carbons (Fsp3) is 0.0769. The van der Waals surface area contributed by atoms with Crippen LogP contribution in [-0.2, 0) is 10.0 Å². The molecule has 0 saturated carbocycles. The molecule has 0 aliphatic carbocycles. The predicted octanol–water partition coefficient (Wildman–Crippen LogP) is 3.75. The minimum atomic E-state index is -4.52. The maximum Gasteiger partial charge on any atom is 0.345 e. The molecule has 188 valence electrons. The zero-order valence-electron chi connectivity index (χ0n) is 19.8. The van der Waals surface area contributed by atoms with Gasteiger partial charge in [-0.15, -0.1) is 0 Å². The fourth-order valence-corrected chi connectivity index (χ4v) is 4.95. The van der Waals surface area contributed by atoms with E-state index >= 15 is 0 Å². The van der Waals surface area contributed by atoms with Crippen molar-refractivity contribution < 1.29 is 32.2 Å². The van der Waals surface area contributed by atoms with Crippen LogP contribution in [0.2, 0.25) is 0 Å². The molecule has 0 unspecified atom stereocenters. The summed E-state index contributed by atoms with van der Waals surface area (Å²) in [7, 11) is -1.81. The van der Waals surface area contributed by atoms with E-state index in [9.17, 15) is 18.0 Å². The smallest absolute Gasteiger partial charge is 0.345 e. The monoisotopic (exact) mass is 519 g/mol. The third-order valence-corrected chi connectivity index (χ3v) is 6.89. The van der Waals surface area contributed by atoms with Crippen LogP contribution in [0.15, 0.2) is 96.4 Å². The summed E-state index contributed by atoms with van der Waals surface area (Å²) in [5.41, 5.74) is 0.285. The largest absolute Gasteiger partial charge is 0.497 e. The van der Waals surface area contributed by atoms with E-state index in [1.807, 2.05) is 0 Å². The fourth-order valence-electron chi connectivity index (χ4n) is 3.35. The lowest BCUT2D eigenvalue weighted by Crippen LogP contribution is -2.37. The number of hydrogen-bond donors (Lipinski definition) is 0. The van der Waals surface area contributed by atoms with Crippen molar-refractivity contribution in [2.45, 2.75) is 4.90 Å². The van der Waals surface area contributed by atoms with Crippen molar-refractivity contribution in [3.8, 4) is 17.2 Å². The molecule has 1 amide bonds. The highest BCUT2D eigenvalue weighted by Crippen LogP contribution is 2.34. The van der Waals surface area contributed by atoms with Crippen LogP contribution >= 0.6 is 0 Å². The Morgan fingerprint density at radius 2 is 1.41 bits per heavy atom. The average molecular weight is 520 g/mol. The highest BCUT2D eigenvalue weighted by Gasteiger charge is 2.34. The topological polar surface area (TPSA) is 125 Å². The molecule has 0 atom stereocenters. The van der Waals surface area contributed by atoms with E-state index in [1.165, 1.54) is 93.6 Å². The second-order valence-corrected chi connectivity index (χ2v) is 9.21. The van der Waals surface area contributed by atoms with Gasteiger partial charge in [-0.25, -0.2) is 13.2 Å². The quantitative estimate of drug-likeness (QED) is 0.253. The number of esters is 1. The third-order valence-electron chi connectivity index (χ3n) is 5.16. The van der Waals surface area contributed by atoms with Crippen LogP contribution in [0.1, 0.15) is 20.7 Å². The molecular formula is C26H21N3O7S. The maximum atomic E-state index is 13.9. The normalized spacial score (nSPS) is 10.9. The zero-order valence-corrected chi connectivity index (χ0v) is 20.6. The molecule has 4 rings (SSSR count). The van der Waals surface area contributed by atoms with Crippen LogP contribution in [0.4, 0.5) is 5.69 Å². The number of rotatable bonds is 8. The summed E-state index contributed by atoms with van der Waals surface area (Å²) in [6.07, 6.45) is 5.61. The molecule has 11 heteroatoms. The lowest BCUT2D eigenvalue weighted by Gasteiger charge is -2.24. The standard InChI is InChI=1S/C26H21N3O7S/c1-34-22-11-12-23(35-2)24(15-22)37(32,33)29(25(30)18-5-3-13-27-16-18)20-7-9-21(10-8-20)36-26(31)19-6-4-14-28-17-19/h3-17H,1-2H3. The molecule has 0 N–H and O–H groups in total. The lowest BCUT2D eigenvalue weighted by atomic mass is 10.2. The molecule has 10 nitrogen and oxygen atoms in total. The van der Waals surface area contributed by atoms with Gasteiger partial charge >= 0.3 is 5.97 Å². The van der Waals surface area contributed by atoms with E-state index in [-0.39, 0.29) is 39.0 Å². The summed E-state index contributed by atoms with van der Waals surface area (Å²) in [5, 5.41) is 0. The number of hydrogen-bond acceptors (Lipinski definition) is 9. The van der Waals surface area contributed by atoms with E-state index in [2.05, 4.69) is 9.97 Å². The van der Waals surface area contributed by atoms with Crippen molar-refractivity contribution in [2.75, 3.05) is 18.5 Å². The van der Waals surface area contributed by atoms with E-state index in [0.29, 0.717) is 4.31 Å². The van der Waals surface area contributed by atoms with Gasteiger partial charge in [-0.1, -0.05) is 0 Å². The van der Waals surface area contributed by atoms with E-state index in [4.69, 9.17) is 14.2 Å². The minimum Gasteiger partial charge on any atom is -0.497 e. The van der Waals surface area contributed by atoms with Crippen molar-refractivity contribution in [3.05, 3.63) is 103 Å². The van der Waals surface area contributed by atoms with Crippen LogP contribution in [-0.4, -0.2) is 44.5 Å². The SMILES string of the molecule is COc1ccc(OC)c(S(=O)(=O)N(C(=O)c2cccnc2)c2ccc(OC(=O)c3cccnc3)cc2)c1. The van der Waals surface area contributed by atoms with Gasteiger partial charge < -0.3 is 14.2 Å². The van der Waals surface area contributed by atoms with Crippen LogP contribution < -0.4 is 18.5 Å². The number of carbonyl (C=O) groups is 2. The molecular weight excluding hydrogens is 498 g/mol. The molecule has 2 aromatic carbocycles. The van der Waals surface area contributed by atoms with Crippen LogP contribution in [0, 0.1) is 0 Å². The Balaban J connectivity index is 1.76.